The Labute approximate surface area is 182 Å². The normalized spacial score (nSPS) is 18.5. The lowest BCUT2D eigenvalue weighted by atomic mass is 10.1. The summed E-state index contributed by atoms with van der Waals surface area (Å²) in [6.45, 7) is 5.29. The van der Waals surface area contributed by atoms with Gasteiger partial charge in [0.15, 0.2) is 0 Å². The first-order valence-corrected chi connectivity index (χ1v) is 10.7. The third-order valence-electron chi connectivity index (χ3n) is 5.84. The fourth-order valence-corrected chi connectivity index (χ4v) is 4.04. The molecule has 5 nitrogen and oxygen atoms in total. The van der Waals surface area contributed by atoms with Crippen molar-refractivity contribution in [1.29, 1.82) is 0 Å². The SMILES string of the molecule is CCc1ccc(CN2CCN(C(=O)OC(C(F)(F)F)C(F)(F)F)CC2)c(N2CCCC2)c1. The number of piperazine rings is 1. The van der Waals surface area contributed by atoms with Gasteiger partial charge in [0, 0.05) is 51.5 Å². The maximum atomic E-state index is 12.6. The molecule has 1 amide bonds. The molecule has 2 saturated heterocycles. The predicted octanol–water partition coefficient (Wildman–Crippen LogP) is 4.60. The van der Waals surface area contributed by atoms with Gasteiger partial charge in [0.25, 0.3) is 6.10 Å². The highest BCUT2D eigenvalue weighted by Crippen LogP contribution is 2.36. The van der Waals surface area contributed by atoms with Crippen LogP contribution >= 0.6 is 0 Å². The monoisotopic (exact) mass is 467 g/mol. The van der Waals surface area contributed by atoms with Gasteiger partial charge in [0.2, 0.25) is 0 Å². The van der Waals surface area contributed by atoms with Crippen molar-refractivity contribution in [3.8, 4) is 0 Å². The lowest BCUT2D eigenvalue weighted by molar-refractivity contribution is -0.308. The molecule has 0 spiro atoms. The van der Waals surface area contributed by atoms with E-state index in [0.717, 1.165) is 42.8 Å². The Morgan fingerprint density at radius 3 is 2.09 bits per heavy atom. The maximum Gasteiger partial charge on any atom is 0.434 e. The van der Waals surface area contributed by atoms with Crippen molar-refractivity contribution in [2.45, 2.75) is 51.2 Å². The smallest absolute Gasteiger partial charge is 0.426 e. The lowest BCUT2D eigenvalue weighted by Gasteiger charge is -2.36. The summed E-state index contributed by atoms with van der Waals surface area (Å²) in [6.07, 6.45) is -14.0. The van der Waals surface area contributed by atoms with Crippen LogP contribution in [0.1, 0.15) is 30.9 Å². The van der Waals surface area contributed by atoms with Crippen molar-refractivity contribution < 1.29 is 35.9 Å². The number of benzene rings is 1. The van der Waals surface area contributed by atoms with Crippen LogP contribution in [0.5, 0.6) is 0 Å². The van der Waals surface area contributed by atoms with E-state index < -0.39 is 24.5 Å². The highest BCUT2D eigenvalue weighted by Gasteiger charge is 2.60. The molecule has 32 heavy (non-hydrogen) atoms. The van der Waals surface area contributed by atoms with Crippen LogP contribution in [0.25, 0.3) is 0 Å². The largest absolute Gasteiger partial charge is 0.434 e. The number of alkyl halides is 6. The van der Waals surface area contributed by atoms with Gasteiger partial charge >= 0.3 is 18.4 Å². The van der Waals surface area contributed by atoms with Crippen LogP contribution in [0.4, 0.5) is 36.8 Å². The molecule has 0 aromatic heterocycles. The zero-order valence-corrected chi connectivity index (χ0v) is 17.8. The van der Waals surface area contributed by atoms with Crippen molar-refractivity contribution in [3.63, 3.8) is 0 Å². The van der Waals surface area contributed by atoms with Gasteiger partial charge in [-0.25, -0.2) is 4.79 Å². The third kappa shape index (κ3) is 5.99. The van der Waals surface area contributed by atoms with Crippen LogP contribution in [0.2, 0.25) is 0 Å². The molecule has 2 fully saturated rings. The van der Waals surface area contributed by atoms with Crippen LogP contribution in [0.3, 0.4) is 0 Å². The van der Waals surface area contributed by atoms with Crippen LogP contribution in [-0.4, -0.2) is 73.6 Å². The molecular formula is C21H27F6N3O2. The van der Waals surface area contributed by atoms with Gasteiger partial charge in [0.05, 0.1) is 0 Å². The van der Waals surface area contributed by atoms with E-state index in [0.29, 0.717) is 19.6 Å². The number of aryl methyl sites for hydroxylation is 1. The van der Waals surface area contributed by atoms with Crippen molar-refractivity contribution in [1.82, 2.24) is 9.80 Å². The van der Waals surface area contributed by atoms with Gasteiger partial charge in [-0.2, -0.15) is 26.3 Å². The molecule has 0 saturated carbocycles. The lowest BCUT2D eigenvalue weighted by Crippen LogP contribution is -2.52. The molecule has 0 N–H and O–H groups in total. The Morgan fingerprint density at radius 1 is 0.969 bits per heavy atom. The Kier molecular flexibility index (Phi) is 7.46. The van der Waals surface area contributed by atoms with E-state index in [9.17, 15) is 31.1 Å². The second-order valence-electron chi connectivity index (χ2n) is 8.12. The van der Waals surface area contributed by atoms with E-state index in [-0.39, 0.29) is 13.1 Å². The topological polar surface area (TPSA) is 36.0 Å². The van der Waals surface area contributed by atoms with Gasteiger partial charge in [-0.1, -0.05) is 19.1 Å². The number of carbonyl (C=O) groups is 1. The summed E-state index contributed by atoms with van der Waals surface area (Å²) in [7, 11) is 0. The second-order valence-corrected chi connectivity index (χ2v) is 8.12. The predicted molar refractivity (Wildman–Crippen MR) is 106 cm³/mol. The molecule has 2 aliphatic rings. The van der Waals surface area contributed by atoms with E-state index in [1.807, 2.05) is 4.90 Å². The molecule has 1 aromatic rings. The number of hydrogen-bond acceptors (Lipinski definition) is 4. The van der Waals surface area contributed by atoms with Gasteiger partial charge in [-0.15, -0.1) is 0 Å². The Morgan fingerprint density at radius 2 is 1.56 bits per heavy atom. The summed E-state index contributed by atoms with van der Waals surface area (Å²) < 4.78 is 79.6. The zero-order chi connectivity index (χ0) is 23.5. The minimum absolute atomic E-state index is 0.00659. The van der Waals surface area contributed by atoms with Gasteiger partial charge in [-0.05, 0) is 36.5 Å². The van der Waals surface area contributed by atoms with E-state index >= 15 is 0 Å². The fraction of sp³-hybridized carbons (Fsp3) is 0.667. The summed E-state index contributed by atoms with van der Waals surface area (Å²) >= 11 is 0. The summed E-state index contributed by atoms with van der Waals surface area (Å²) in [4.78, 5) is 17.2. The Hall–Kier alpha value is -2.17. The van der Waals surface area contributed by atoms with E-state index in [1.165, 1.54) is 11.3 Å². The van der Waals surface area contributed by atoms with Crippen molar-refractivity contribution in [3.05, 3.63) is 29.3 Å². The average Bonchev–Trinajstić information content (AvgIpc) is 3.25. The molecule has 0 aliphatic carbocycles. The number of amides is 1. The summed E-state index contributed by atoms with van der Waals surface area (Å²) in [5, 5.41) is 0. The van der Waals surface area contributed by atoms with Crippen LogP contribution in [0.15, 0.2) is 18.2 Å². The fourth-order valence-electron chi connectivity index (χ4n) is 4.04. The highest BCUT2D eigenvalue weighted by atomic mass is 19.4. The van der Waals surface area contributed by atoms with Gasteiger partial charge in [-0.3, -0.25) is 4.90 Å². The summed E-state index contributed by atoms with van der Waals surface area (Å²) in [6, 6.07) is 6.32. The molecule has 11 heteroatoms. The standard InChI is InChI=1S/C21H27F6N3O2/c1-2-15-5-6-16(17(13-15)29-7-3-4-8-29)14-28-9-11-30(12-10-28)19(31)32-18(20(22,23)24)21(25,26)27/h5-6,13,18H,2-4,7-12,14H2,1H3. The molecule has 0 bridgehead atoms. The summed E-state index contributed by atoms with van der Waals surface area (Å²) in [5.41, 5.74) is 3.52. The first kappa shape index (κ1) is 24.5. The van der Waals surface area contributed by atoms with Gasteiger partial charge < -0.3 is 14.5 Å². The van der Waals surface area contributed by atoms with Crippen molar-refractivity contribution >= 4 is 11.8 Å². The first-order chi connectivity index (χ1) is 15.0. The number of hydrogen-bond donors (Lipinski definition) is 0. The van der Waals surface area contributed by atoms with Crippen LogP contribution in [-0.2, 0) is 17.7 Å². The molecule has 2 heterocycles. The molecule has 0 radical (unpaired) electrons. The second kappa shape index (κ2) is 9.76. The van der Waals surface area contributed by atoms with Crippen LogP contribution in [0, 0.1) is 0 Å². The minimum Gasteiger partial charge on any atom is -0.426 e. The number of carbonyl (C=O) groups excluding carboxylic acids is 1. The third-order valence-corrected chi connectivity index (χ3v) is 5.84. The number of halogens is 6. The molecule has 1 aromatic carbocycles. The zero-order valence-electron chi connectivity index (χ0n) is 17.8. The molecule has 2 aliphatic heterocycles. The minimum atomic E-state index is -5.72. The molecule has 180 valence electrons. The molecule has 0 atom stereocenters. The van der Waals surface area contributed by atoms with E-state index in [1.54, 1.807) is 0 Å². The quantitative estimate of drug-likeness (QED) is 0.594. The summed E-state index contributed by atoms with van der Waals surface area (Å²) in [5.74, 6) is 0. The number of anilines is 1. The van der Waals surface area contributed by atoms with Crippen molar-refractivity contribution in [2.24, 2.45) is 0 Å². The average molecular weight is 467 g/mol. The molecule has 0 unspecified atom stereocenters. The van der Waals surface area contributed by atoms with Crippen molar-refractivity contribution in [2.75, 3.05) is 44.2 Å². The Balaban J connectivity index is 1.60. The number of nitrogens with zero attached hydrogens (tertiary/aromatic N) is 3. The first-order valence-electron chi connectivity index (χ1n) is 10.7. The molecule has 3 rings (SSSR count). The van der Waals surface area contributed by atoms with Gasteiger partial charge in [0.1, 0.15) is 0 Å². The highest BCUT2D eigenvalue weighted by molar-refractivity contribution is 5.68. The van der Waals surface area contributed by atoms with E-state index in [4.69, 9.17) is 0 Å². The Bertz CT molecular complexity index is 771. The molecular weight excluding hydrogens is 440 g/mol. The van der Waals surface area contributed by atoms with E-state index in [2.05, 4.69) is 34.8 Å². The van der Waals surface area contributed by atoms with Crippen LogP contribution < -0.4 is 4.90 Å². The number of ether oxygens (including phenoxy) is 1. The number of rotatable bonds is 5. The maximum absolute atomic E-state index is 12.6.